The molecule has 16 heavy (non-hydrogen) atoms. The first kappa shape index (κ1) is 12.3. The zero-order chi connectivity index (χ0) is 12.1. The summed E-state index contributed by atoms with van der Waals surface area (Å²) >= 11 is 0. The molecule has 0 radical (unpaired) electrons. The van der Waals surface area contributed by atoms with Crippen LogP contribution in [0.25, 0.3) is 0 Å². The highest BCUT2D eigenvalue weighted by molar-refractivity contribution is 5.66. The van der Waals surface area contributed by atoms with Crippen LogP contribution in [0.2, 0.25) is 0 Å². The minimum absolute atomic E-state index is 0.0594. The van der Waals surface area contributed by atoms with E-state index < -0.39 is 11.8 Å². The molecule has 1 rings (SSSR count). The Morgan fingerprint density at radius 1 is 1.50 bits per heavy atom. The normalized spacial score (nSPS) is 10.1. The number of hydrogen-bond donors (Lipinski definition) is 2. The first-order valence-corrected chi connectivity index (χ1v) is 4.82. The lowest BCUT2D eigenvalue weighted by atomic mass is 10.1. The van der Waals surface area contributed by atoms with Gasteiger partial charge in [0.25, 0.3) is 0 Å². The van der Waals surface area contributed by atoms with Crippen LogP contribution >= 0.6 is 0 Å². The molecular formula is C11H13FO4. The molecule has 1 aromatic rings. The molecule has 0 aliphatic rings. The van der Waals surface area contributed by atoms with Gasteiger partial charge in [-0.2, -0.15) is 0 Å². The van der Waals surface area contributed by atoms with Crippen LogP contribution in [0.3, 0.4) is 0 Å². The molecule has 0 bridgehead atoms. The molecule has 1 aromatic carbocycles. The van der Waals surface area contributed by atoms with Gasteiger partial charge in [0.05, 0.1) is 7.11 Å². The van der Waals surface area contributed by atoms with Gasteiger partial charge in [0, 0.05) is 12.0 Å². The summed E-state index contributed by atoms with van der Waals surface area (Å²) in [5, 5.41) is 18.1. The second-order valence-corrected chi connectivity index (χ2v) is 3.32. The van der Waals surface area contributed by atoms with Crippen molar-refractivity contribution in [3.05, 3.63) is 23.5 Å². The molecule has 0 spiro atoms. The second-order valence-electron chi connectivity index (χ2n) is 3.32. The molecule has 0 aliphatic carbocycles. The van der Waals surface area contributed by atoms with Crippen LogP contribution in [0.1, 0.15) is 18.4 Å². The van der Waals surface area contributed by atoms with E-state index in [9.17, 15) is 14.3 Å². The summed E-state index contributed by atoms with van der Waals surface area (Å²) in [4.78, 5) is 10.3. The van der Waals surface area contributed by atoms with E-state index in [1.165, 1.54) is 19.2 Å². The number of carbonyl (C=O) groups is 1. The summed E-state index contributed by atoms with van der Waals surface area (Å²) < 4.78 is 18.2. The molecule has 4 nitrogen and oxygen atoms in total. The highest BCUT2D eigenvalue weighted by atomic mass is 19.1. The number of rotatable bonds is 5. The van der Waals surface area contributed by atoms with Crippen molar-refractivity contribution in [1.29, 1.82) is 0 Å². The fourth-order valence-corrected chi connectivity index (χ4v) is 1.41. The van der Waals surface area contributed by atoms with E-state index in [0.29, 0.717) is 0 Å². The van der Waals surface area contributed by atoms with Crippen molar-refractivity contribution >= 4 is 5.97 Å². The molecule has 0 fully saturated rings. The van der Waals surface area contributed by atoms with Crippen molar-refractivity contribution in [1.82, 2.24) is 0 Å². The lowest BCUT2D eigenvalue weighted by molar-refractivity contribution is -0.137. The van der Waals surface area contributed by atoms with Crippen LogP contribution in [0.15, 0.2) is 12.1 Å². The minimum atomic E-state index is -0.942. The van der Waals surface area contributed by atoms with Gasteiger partial charge in [-0.3, -0.25) is 4.79 Å². The molecule has 0 aliphatic heterocycles. The molecule has 2 N–H and O–H groups in total. The maximum Gasteiger partial charge on any atom is 0.303 e. The van der Waals surface area contributed by atoms with E-state index in [4.69, 9.17) is 9.84 Å². The van der Waals surface area contributed by atoms with Crippen LogP contribution in [-0.4, -0.2) is 23.3 Å². The molecule has 0 saturated heterocycles. The highest BCUT2D eigenvalue weighted by Gasteiger charge is 2.13. The predicted octanol–water partition coefficient (Wildman–Crippen LogP) is 1.95. The zero-order valence-corrected chi connectivity index (χ0v) is 8.86. The second kappa shape index (κ2) is 5.34. The molecule has 5 heteroatoms. The van der Waals surface area contributed by atoms with E-state index in [0.717, 1.165) is 0 Å². The quantitative estimate of drug-likeness (QED) is 0.808. The number of benzene rings is 1. The number of halogens is 1. The van der Waals surface area contributed by atoms with E-state index >= 15 is 0 Å². The van der Waals surface area contributed by atoms with Crippen molar-refractivity contribution in [3.63, 3.8) is 0 Å². The number of phenols is 1. The fourth-order valence-electron chi connectivity index (χ4n) is 1.41. The van der Waals surface area contributed by atoms with Crippen LogP contribution in [0, 0.1) is 5.82 Å². The van der Waals surface area contributed by atoms with Gasteiger partial charge < -0.3 is 14.9 Å². The number of methoxy groups -OCH3 is 1. The van der Waals surface area contributed by atoms with Gasteiger partial charge in [-0.15, -0.1) is 0 Å². The first-order chi connectivity index (χ1) is 7.56. The van der Waals surface area contributed by atoms with Gasteiger partial charge >= 0.3 is 5.97 Å². The Bertz CT molecular complexity index is 390. The Hall–Kier alpha value is -1.78. The van der Waals surface area contributed by atoms with E-state index in [2.05, 4.69) is 0 Å². The van der Waals surface area contributed by atoms with E-state index in [1.807, 2.05) is 0 Å². The zero-order valence-electron chi connectivity index (χ0n) is 8.86. The molecule has 88 valence electrons. The number of aliphatic carboxylic acids is 1. The number of ether oxygens (including phenoxy) is 1. The lowest BCUT2D eigenvalue weighted by Gasteiger charge is -2.09. The molecule has 0 heterocycles. The van der Waals surface area contributed by atoms with Crippen molar-refractivity contribution in [2.75, 3.05) is 7.11 Å². The summed E-state index contributed by atoms with van der Waals surface area (Å²) in [6.07, 6.45) is 0.379. The van der Waals surface area contributed by atoms with Crippen LogP contribution in [0.4, 0.5) is 4.39 Å². The standard InChI is InChI=1S/C11H13FO4/c1-16-9-6-5-8(12)7(11(9)15)3-2-4-10(13)14/h5-6,15H,2-4H2,1H3,(H,13,14). The van der Waals surface area contributed by atoms with Gasteiger partial charge in [0.1, 0.15) is 5.82 Å². The van der Waals surface area contributed by atoms with Crippen molar-refractivity contribution in [3.8, 4) is 11.5 Å². The molecule has 0 aromatic heterocycles. The molecule has 0 saturated carbocycles. The van der Waals surface area contributed by atoms with Crippen LogP contribution in [0.5, 0.6) is 11.5 Å². The van der Waals surface area contributed by atoms with E-state index in [-0.39, 0.29) is 36.3 Å². The van der Waals surface area contributed by atoms with Gasteiger partial charge in [-0.25, -0.2) is 4.39 Å². The summed E-state index contributed by atoms with van der Waals surface area (Å²) in [6.45, 7) is 0. The predicted molar refractivity (Wildman–Crippen MR) is 55.2 cm³/mol. The van der Waals surface area contributed by atoms with Crippen molar-refractivity contribution in [2.45, 2.75) is 19.3 Å². The highest BCUT2D eigenvalue weighted by Crippen LogP contribution is 2.32. The van der Waals surface area contributed by atoms with Gasteiger partial charge in [-0.05, 0) is 25.0 Å². The minimum Gasteiger partial charge on any atom is -0.504 e. The smallest absolute Gasteiger partial charge is 0.303 e. The number of carboxylic acids is 1. The number of aromatic hydroxyl groups is 1. The molecule has 0 atom stereocenters. The van der Waals surface area contributed by atoms with Crippen molar-refractivity contribution < 1.29 is 24.1 Å². The number of carboxylic acid groups (broad SMARTS) is 1. The fraction of sp³-hybridized carbons (Fsp3) is 0.364. The van der Waals surface area contributed by atoms with Gasteiger partial charge in [0.2, 0.25) is 0 Å². The summed E-state index contributed by atoms with van der Waals surface area (Å²) in [5.41, 5.74) is 0.0978. The summed E-state index contributed by atoms with van der Waals surface area (Å²) in [6, 6.07) is 2.51. The van der Waals surface area contributed by atoms with Gasteiger partial charge in [0.15, 0.2) is 11.5 Å². The number of phenolic OH excluding ortho intramolecular Hbond substituents is 1. The van der Waals surface area contributed by atoms with Crippen molar-refractivity contribution in [2.24, 2.45) is 0 Å². The first-order valence-electron chi connectivity index (χ1n) is 4.82. The summed E-state index contributed by atoms with van der Waals surface area (Å²) in [7, 11) is 1.37. The third kappa shape index (κ3) is 2.85. The Labute approximate surface area is 92.3 Å². The van der Waals surface area contributed by atoms with E-state index in [1.54, 1.807) is 0 Å². The average Bonchev–Trinajstić information content (AvgIpc) is 2.23. The molecular weight excluding hydrogens is 215 g/mol. The largest absolute Gasteiger partial charge is 0.504 e. The Morgan fingerprint density at radius 2 is 2.19 bits per heavy atom. The average molecular weight is 228 g/mol. The lowest BCUT2D eigenvalue weighted by Crippen LogP contribution is -1.99. The topological polar surface area (TPSA) is 66.8 Å². The SMILES string of the molecule is COc1ccc(F)c(CCCC(=O)O)c1O. The Morgan fingerprint density at radius 3 is 2.75 bits per heavy atom. The van der Waals surface area contributed by atoms with Crippen LogP contribution in [-0.2, 0) is 11.2 Å². The third-order valence-electron chi connectivity index (χ3n) is 2.23. The summed E-state index contributed by atoms with van der Waals surface area (Å²) in [5.74, 6) is -1.56. The number of hydrogen-bond acceptors (Lipinski definition) is 3. The maximum atomic E-state index is 13.3. The molecule has 0 unspecified atom stereocenters. The monoisotopic (exact) mass is 228 g/mol. The van der Waals surface area contributed by atoms with Crippen LogP contribution < -0.4 is 4.74 Å². The third-order valence-corrected chi connectivity index (χ3v) is 2.23. The Kier molecular flexibility index (Phi) is 4.10. The maximum absolute atomic E-state index is 13.3. The molecule has 0 amide bonds. The Balaban J connectivity index is 2.81. The van der Waals surface area contributed by atoms with Gasteiger partial charge in [-0.1, -0.05) is 0 Å².